The fraction of sp³-hybridized carbons (Fsp3) is 0.286. The Hall–Kier alpha value is -2.55. The van der Waals surface area contributed by atoms with E-state index >= 15 is 0 Å². The second kappa shape index (κ2) is 6.52. The molecule has 0 atom stereocenters. The Labute approximate surface area is 142 Å². The van der Waals surface area contributed by atoms with Gasteiger partial charge in [-0.05, 0) is 40.8 Å². The molecule has 0 saturated heterocycles. The number of carbonyl (C=O) groups excluding carboxylic acids is 1. The topological polar surface area (TPSA) is 35.5 Å². The summed E-state index contributed by atoms with van der Waals surface area (Å²) in [6, 6.07) is 13.6. The number of hydrogen-bond donors (Lipinski definition) is 0. The number of benzene rings is 2. The highest BCUT2D eigenvalue weighted by Gasteiger charge is 2.14. The first-order valence-electron chi connectivity index (χ1n) is 8.16. The molecule has 0 unspecified atom stereocenters. The lowest BCUT2D eigenvalue weighted by atomic mass is 9.87. The minimum absolute atomic E-state index is 0.0492. The lowest BCUT2D eigenvalue weighted by Crippen LogP contribution is -2.15. The Bertz CT molecular complexity index is 765. The van der Waals surface area contributed by atoms with Gasteiger partial charge in [0.15, 0.2) is 17.3 Å². The predicted molar refractivity (Wildman–Crippen MR) is 95.9 cm³/mol. The third-order valence-corrected chi connectivity index (χ3v) is 4.03. The number of ether oxygens (including phenoxy) is 2. The highest BCUT2D eigenvalue weighted by molar-refractivity contribution is 6.07. The molecule has 0 N–H and O–H groups in total. The van der Waals surface area contributed by atoms with Gasteiger partial charge in [-0.25, -0.2) is 0 Å². The van der Waals surface area contributed by atoms with E-state index in [4.69, 9.17) is 9.47 Å². The molecule has 1 aliphatic heterocycles. The van der Waals surface area contributed by atoms with E-state index in [2.05, 4.69) is 32.9 Å². The normalized spacial score (nSPS) is 14.0. The van der Waals surface area contributed by atoms with Gasteiger partial charge in [-0.15, -0.1) is 0 Å². The van der Waals surface area contributed by atoms with Crippen molar-refractivity contribution in [1.29, 1.82) is 0 Å². The second-order valence-electron chi connectivity index (χ2n) is 6.93. The van der Waals surface area contributed by atoms with Gasteiger partial charge in [0.2, 0.25) is 0 Å². The molecular formula is C21H22O3. The van der Waals surface area contributed by atoms with E-state index < -0.39 is 0 Å². The van der Waals surface area contributed by atoms with Crippen LogP contribution in [0, 0.1) is 0 Å². The number of allylic oxidation sites excluding steroid dienone is 1. The highest BCUT2D eigenvalue weighted by atomic mass is 16.6. The number of ketones is 1. The first kappa shape index (κ1) is 16.3. The maximum absolute atomic E-state index is 12.3. The molecule has 1 aliphatic rings. The van der Waals surface area contributed by atoms with Crippen molar-refractivity contribution in [2.24, 2.45) is 0 Å². The molecule has 2 aromatic rings. The molecule has 1 heterocycles. The fourth-order valence-corrected chi connectivity index (χ4v) is 2.56. The third-order valence-electron chi connectivity index (χ3n) is 4.03. The molecule has 0 radical (unpaired) electrons. The van der Waals surface area contributed by atoms with Gasteiger partial charge in [0.1, 0.15) is 13.2 Å². The first-order chi connectivity index (χ1) is 11.4. The number of hydrogen-bond acceptors (Lipinski definition) is 3. The molecule has 3 heteroatoms. The van der Waals surface area contributed by atoms with Gasteiger partial charge in [0, 0.05) is 5.56 Å². The molecule has 0 spiro atoms. The van der Waals surface area contributed by atoms with Crippen molar-refractivity contribution in [3.63, 3.8) is 0 Å². The van der Waals surface area contributed by atoms with E-state index in [0.29, 0.717) is 30.3 Å². The van der Waals surface area contributed by atoms with Crippen molar-refractivity contribution in [2.45, 2.75) is 26.2 Å². The Morgan fingerprint density at radius 1 is 0.958 bits per heavy atom. The Balaban J connectivity index is 1.73. The summed E-state index contributed by atoms with van der Waals surface area (Å²) in [7, 11) is 0. The van der Waals surface area contributed by atoms with Gasteiger partial charge < -0.3 is 9.47 Å². The second-order valence-corrected chi connectivity index (χ2v) is 6.93. The molecule has 2 aromatic carbocycles. The zero-order valence-corrected chi connectivity index (χ0v) is 14.3. The summed E-state index contributed by atoms with van der Waals surface area (Å²) >= 11 is 0. The Morgan fingerprint density at radius 2 is 1.62 bits per heavy atom. The van der Waals surface area contributed by atoms with Crippen molar-refractivity contribution in [3.05, 3.63) is 65.2 Å². The highest BCUT2D eigenvalue weighted by Crippen LogP contribution is 2.31. The molecule has 0 aromatic heterocycles. The van der Waals surface area contributed by atoms with Crippen LogP contribution in [0.4, 0.5) is 0 Å². The van der Waals surface area contributed by atoms with E-state index in [1.165, 1.54) is 5.56 Å². The summed E-state index contributed by atoms with van der Waals surface area (Å²) in [5, 5.41) is 0. The summed E-state index contributed by atoms with van der Waals surface area (Å²) in [5.74, 6) is 1.28. The summed E-state index contributed by atoms with van der Waals surface area (Å²) in [6.07, 6.45) is 3.43. The molecule has 0 amide bonds. The number of fused-ring (bicyclic) bond motifs is 1. The molecule has 124 valence electrons. The quantitative estimate of drug-likeness (QED) is 0.609. The monoisotopic (exact) mass is 322 g/mol. The molecular weight excluding hydrogens is 300 g/mol. The van der Waals surface area contributed by atoms with E-state index in [0.717, 1.165) is 5.56 Å². The molecule has 0 saturated carbocycles. The smallest absolute Gasteiger partial charge is 0.185 e. The van der Waals surface area contributed by atoms with Crippen LogP contribution < -0.4 is 9.47 Å². The molecule has 3 nitrogen and oxygen atoms in total. The van der Waals surface area contributed by atoms with Crippen LogP contribution in [0.1, 0.15) is 42.3 Å². The number of carbonyl (C=O) groups is 1. The van der Waals surface area contributed by atoms with Crippen LogP contribution in [-0.2, 0) is 5.41 Å². The minimum atomic E-state index is -0.0492. The van der Waals surface area contributed by atoms with Crippen LogP contribution in [0.25, 0.3) is 6.08 Å². The first-order valence-corrected chi connectivity index (χ1v) is 8.16. The van der Waals surface area contributed by atoms with Crippen LogP contribution in [-0.4, -0.2) is 19.0 Å². The Kier molecular flexibility index (Phi) is 4.43. The van der Waals surface area contributed by atoms with Gasteiger partial charge in [-0.3, -0.25) is 4.79 Å². The van der Waals surface area contributed by atoms with Gasteiger partial charge in [0.05, 0.1) is 0 Å². The minimum Gasteiger partial charge on any atom is -0.486 e. The van der Waals surface area contributed by atoms with Gasteiger partial charge in [-0.1, -0.05) is 51.1 Å². The SMILES string of the molecule is CC(C)(C)c1ccc(C=CC(=O)c2ccc3c(c2)OCCO3)cc1. The molecule has 0 aliphatic carbocycles. The summed E-state index contributed by atoms with van der Waals surface area (Å²) in [5.41, 5.74) is 3.01. The third kappa shape index (κ3) is 3.67. The van der Waals surface area contributed by atoms with Crippen molar-refractivity contribution in [1.82, 2.24) is 0 Å². The predicted octanol–water partition coefficient (Wildman–Crippen LogP) is 4.65. The van der Waals surface area contributed by atoms with E-state index in [9.17, 15) is 4.79 Å². The average molecular weight is 322 g/mol. The zero-order chi connectivity index (χ0) is 17.2. The van der Waals surface area contributed by atoms with Crippen LogP contribution in [0.2, 0.25) is 0 Å². The maximum atomic E-state index is 12.3. The van der Waals surface area contributed by atoms with Crippen molar-refractivity contribution >= 4 is 11.9 Å². The zero-order valence-electron chi connectivity index (χ0n) is 14.3. The van der Waals surface area contributed by atoms with Crippen molar-refractivity contribution < 1.29 is 14.3 Å². The molecule has 0 fully saturated rings. The van der Waals surface area contributed by atoms with Gasteiger partial charge in [0.25, 0.3) is 0 Å². The van der Waals surface area contributed by atoms with E-state index in [1.807, 2.05) is 18.2 Å². The summed E-state index contributed by atoms with van der Waals surface area (Å²) in [4.78, 5) is 12.3. The van der Waals surface area contributed by atoms with Gasteiger partial charge in [-0.2, -0.15) is 0 Å². The standard InChI is InChI=1S/C21H22O3/c1-21(2,3)17-8-4-15(5-9-17)6-10-18(22)16-7-11-19-20(14-16)24-13-12-23-19/h4-11,14H,12-13H2,1-3H3. The van der Waals surface area contributed by atoms with Crippen LogP contribution in [0.15, 0.2) is 48.5 Å². The number of rotatable bonds is 3. The lowest BCUT2D eigenvalue weighted by Gasteiger charge is -2.18. The van der Waals surface area contributed by atoms with Crippen LogP contribution in [0.5, 0.6) is 11.5 Å². The summed E-state index contributed by atoms with van der Waals surface area (Å²) in [6.45, 7) is 7.61. The van der Waals surface area contributed by atoms with Crippen molar-refractivity contribution in [2.75, 3.05) is 13.2 Å². The van der Waals surface area contributed by atoms with E-state index in [-0.39, 0.29) is 11.2 Å². The lowest BCUT2D eigenvalue weighted by molar-refractivity contribution is 0.104. The summed E-state index contributed by atoms with van der Waals surface area (Å²) < 4.78 is 11.0. The van der Waals surface area contributed by atoms with Crippen molar-refractivity contribution in [3.8, 4) is 11.5 Å². The molecule has 3 rings (SSSR count). The van der Waals surface area contributed by atoms with Crippen LogP contribution >= 0.6 is 0 Å². The maximum Gasteiger partial charge on any atom is 0.185 e. The van der Waals surface area contributed by atoms with Crippen LogP contribution in [0.3, 0.4) is 0 Å². The fourth-order valence-electron chi connectivity index (χ4n) is 2.56. The molecule has 0 bridgehead atoms. The molecule has 24 heavy (non-hydrogen) atoms. The average Bonchev–Trinajstić information content (AvgIpc) is 2.59. The van der Waals surface area contributed by atoms with Gasteiger partial charge >= 0.3 is 0 Å². The largest absolute Gasteiger partial charge is 0.486 e. The van der Waals surface area contributed by atoms with E-state index in [1.54, 1.807) is 24.3 Å². The Morgan fingerprint density at radius 3 is 2.29 bits per heavy atom.